The normalized spacial score (nSPS) is 14.4. The van der Waals surface area contributed by atoms with E-state index in [1.807, 2.05) is 30.3 Å². The molecule has 2 rings (SSSR count). The largest absolute Gasteiger partial charge is 0.327 e. The summed E-state index contributed by atoms with van der Waals surface area (Å²) in [6.07, 6.45) is 0. The van der Waals surface area contributed by atoms with E-state index in [1.54, 1.807) is 0 Å². The molecule has 0 saturated heterocycles. The van der Waals surface area contributed by atoms with Gasteiger partial charge in [0.15, 0.2) is 0 Å². The van der Waals surface area contributed by atoms with Gasteiger partial charge in [-0.3, -0.25) is 0 Å². The lowest BCUT2D eigenvalue weighted by Crippen LogP contribution is -2.34. The molecule has 1 nitrogen and oxygen atoms in total. The molecule has 0 spiro atoms. The molecule has 2 heteroatoms. The zero-order valence-corrected chi connectivity index (χ0v) is 11.4. The highest BCUT2D eigenvalue weighted by atomic mass is 19.1. The van der Waals surface area contributed by atoms with Gasteiger partial charge < -0.3 is 5.73 Å². The summed E-state index contributed by atoms with van der Waals surface area (Å²) in [5.74, 6) is 0.241. The summed E-state index contributed by atoms with van der Waals surface area (Å²) >= 11 is 0. The van der Waals surface area contributed by atoms with Gasteiger partial charge in [-0.25, -0.2) is 4.39 Å². The molecule has 2 N–H and O–H groups in total. The standard InChI is InChI=1S/C17H20FN/c1-12(2)17(19)16(13-6-4-3-5-7-13)14-8-10-15(18)11-9-14/h3-12,16-17H,19H2,1-2H3. The van der Waals surface area contributed by atoms with Crippen LogP contribution in [-0.4, -0.2) is 6.04 Å². The number of hydrogen-bond donors (Lipinski definition) is 1. The quantitative estimate of drug-likeness (QED) is 0.882. The number of benzene rings is 2. The fraction of sp³-hybridized carbons (Fsp3) is 0.294. The molecule has 0 bridgehead atoms. The van der Waals surface area contributed by atoms with Gasteiger partial charge in [0.1, 0.15) is 5.82 Å². The highest BCUT2D eigenvalue weighted by molar-refractivity contribution is 5.34. The van der Waals surface area contributed by atoms with Crippen molar-refractivity contribution in [3.8, 4) is 0 Å². The monoisotopic (exact) mass is 257 g/mol. The van der Waals surface area contributed by atoms with Crippen molar-refractivity contribution in [1.82, 2.24) is 0 Å². The Labute approximate surface area is 114 Å². The first-order valence-corrected chi connectivity index (χ1v) is 6.65. The second-order valence-electron chi connectivity index (χ2n) is 5.26. The van der Waals surface area contributed by atoms with Crippen LogP contribution < -0.4 is 5.73 Å². The summed E-state index contributed by atoms with van der Waals surface area (Å²) in [5.41, 5.74) is 8.61. The molecule has 0 radical (unpaired) electrons. The van der Waals surface area contributed by atoms with Crippen molar-refractivity contribution in [2.45, 2.75) is 25.8 Å². The molecule has 0 amide bonds. The molecule has 2 atom stereocenters. The van der Waals surface area contributed by atoms with Crippen molar-refractivity contribution in [2.24, 2.45) is 11.7 Å². The molecule has 19 heavy (non-hydrogen) atoms. The van der Waals surface area contributed by atoms with Crippen molar-refractivity contribution in [3.05, 3.63) is 71.5 Å². The van der Waals surface area contributed by atoms with Crippen molar-refractivity contribution in [2.75, 3.05) is 0 Å². The first-order chi connectivity index (χ1) is 9.09. The minimum absolute atomic E-state index is 0.00728. The Bertz CT molecular complexity index is 505. The zero-order valence-electron chi connectivity index (χ0n) is 11.4. The molecular weight excluding hydrogens is 237 g/mol. The van der Waals surface area contributed by atoms with Crippen LogP contribution >= 0.6 is 0 Å². The molecular formula is C17H20FN. The van der Waals surface area contributed by atoms with Gasteiger partial charge in [0.05, 0.1) is 0 Å². The number of halogens is 1. The Kier molecular flexibility index (Phi) is 4.33. The lowest BCUT2D eigenvalue weighted by atomic mass is 9.81. The van der Waals surface area contributed by atoms with E-state index in [0.29, 0.717) is 5.92 Å². The number of nitrogens with two attached hydrogens (primary N) is 1. The molecule has 0 fully saturated rings. The van der Waals surface area contributed by atoms with Crippen LogP contribution in [0.3, 0.4) is 0 Å². The topological polar surface area (TPSA) is 26.0 Å². The van der Waals surface area contributed by atoms with Gasteiger partial charge in [0.2, 0.25) is 0 Å². The third-order valence-corrected chi connectivity index (χ3v) is 3.54. The maximum absolute atomic E-state index is 13.1. The van der Waals surface area contributed by atoms with Crippen LogP contribution in [0.25, 0.3) is 0 Å². The predicted octanol–water partition coefficient (Wildman–Crippen LogP) is 3.94. The van der Waals surface area contributed by atoms with Gasteiger partial charge in [0, 0.05) is 12.0 Å². The van der Waals surface area contributed by atoms with E-state index in [2.05, 4.69) is 26.0 Å². The van der Waals surface area contributed by atoms with Crippen LogP contribution in [0, 0.1) is 11.7 Å². The molecule has 0 aromatic heterocycles. The second kappa shape index (κ2) is 5.98. The van der Waals surface area contributed by atoms with Crippen LogP contribution in [0.1, 0.15) is 30.9 Å². The maximum Gasteiger partial charge on any atom is 0.123 e. The summed E-state index contributed by atoms with van der Waals surface area (Å²) in [4.78, 5) is 0. The highest BCUT2D eigenvalue weighted by Crippen LogP contribution is 2.30. The van der Waals surface area contributed by atoms with Gasteiger partial charge in [0.25, 0.3) is 0 Å². The Morgan fingerprint density at radius 3 is 1.89 bits per heavy atom. The van der Waals surface area contributed by atoms with E-state index in [9.17, 15) is 4.39 Å². The van der Waals surface area contributed by atoms with Crippen LogP contribution in [0.15, 0.2) is 54.6 Å². The fourth-order valence-corrected chi connectivity index (χ4v) is 2.35. The van der Waals surface area contributed by atoms with Gasteiger partial charge in [-0.15, -0.1) is 0 Å². The van der Waals surface area contributed by atoms with Gasteiger partial charge in [-0.05, 0) is 29.2 Å². The Hall–Kier alpha value is -1.67. The zero-order chi connectivity index (χ0) is 13.8. The highest BCUT2D eigenvalue weighted by Gasteiger charge is 2.24. The summed E-state index contributed by atoms with van der Waals surface area (Å²) in [5, 5.41) is 0. The van der Waals surface area contributed by atoms with Crippen molar-refractivity contribution < 1.29 is 4.39 Å². The van der Waals surface area contributed by atoms with E-state index in [-0.39, 0.29) is 17.8 Å². The van der Waals surface area contributed by atoms with Gasteiger partial charge in [-0.2, -0.15) is 0 Å². The van der Waals surface area contributed by atoms with E-state index in [1.165, 1.54) is 17.7 Å². The third kappa shape index (κ3) is 3.21. The van der Waals surface area contributed by atoms with E-state index < -0.39 is 0 Å². The molecule has 0 heterocycles. The Morgan fingerprint density at radius 1 is 0.842 bits per heavy atom. The Balaban J connectivity index is 2.43. The first kappa shape index (κ1) is 13.8. The van der Waals surface area contributed by atoms with Gasteiger partial charge >= 0.3 is 0 Å². The summed E-state index contributed by atoms with van der Waals surface area (Å²) in [6.45, 7) is 4.23. The molecule has 0 saturated carbocycles. The predicted molar refractivity (Wildman–Crippen MR) is 77.5 cm³/mol. The smallest absolute Gasteiger partial charge is 0.123 e. The SMILES string of the molecule is CC(C)C(N)C(c1ccccc1)c1ccc(F)cc1. The summed E-state index contributed by atoms with van der Waals surface area (Å²) in [6, 6.07) is 16.8. The van der Waals surface area contributed by atoms with Crippen molar-refractivity contribution >= 4 is 0 Å². The molecule has 0 aliphatic rings. The van der Waals surface area contributed by atoms with Crippen LogP contribution in [0.2, 0.25) is 0 Å². The van der Waals surface area contributed by atoms with Crippen LogP contribution in [0.5, 0.6) is 0 Å². The van der Waals surface area contributed by atoms with Gasteiger partial charge in [-0.1, -0.05) is 56.3 Å². The average Bonchev–Trinajstić information content (AvgIpc) is 2.42. The summed E-state index contributed by atoms with van der Waals surface area (Å²) < 4.78 is 13.1. The molecule has 0 aliphatic carbocycles. The minimum atomic E-state index is -0.214. The molecule has 2 aromatic carbocycles. The first-order valence-electron chi connectivity index (χ1n) is 6.65. The van der Waals surface area contributed by atoms with Crippen LogP contribution in [-0.2, 0) is 0 Å². The van der Waals surface area contributed by atoms with E-state index in [0.717, 1.165) is 5.56 Å². The third-order valence-electron chi connectivity index (χ3n) is 3.54. The van der Waals surface area contributed by atoms with E-state index >= 15 is 0 Å². The average molecular weight is 257 g/mol. The minimum Gasteiger partial charge on any atom is -0.327 e. The van der Waals surface area contributed by atoms with Crippen LogP contribution in [0.4, 0.5) is 4.39 Å². The number of rotatable bonds is 4. The maximum atomic E-state index is 13.1. The lowest BCUT2D eigenvalue weighted by Gasteiger charge is -2.28. The molecule has 2 aromatic rings. The van der Waals surface area contributed by atoms with Crippen molar-refractivity contribution in [1.29, 1.82) is 0 Å². The second-order valence-corrected chi connectivity index (χ2v) is 5.26. The number of hydrogen-bond acceptors (Lipinski definition) is 1. The molecule has 0 aliphatic heterocycles. The van der Waals surface area contributed by atoms with E-state index in [4.69, 9.17) is 5.73 Å². The molecule has 100 valence electrons. The summed E-state index contributed by atoms with van der Waals surface area (Å²) in [7, 11) is 0. The fourth-order valence-electron chi connectivity index (χ4n) is 2.35. The molecule has 2 unspecified atom stereocenters. The van der Waals surface area contributed by atoms with Crippen molar-refractivity contribution in [3.63, 3.8) is 0 Å². The lowest BCUT2D eigenvalue weighted by molar-refractivity contribution is 0.450. The Morgan fingerprint density at radius 2 is 1.37 bits per heavy atom.